The number of carbonyl (C=O) groups is 2. The Kier molecular flexibility index (Phi) is 4.57. The normalized spacial score (nSPS) is 12.5. The van der Waals surface area contributed by atoms with E-state index in [1.807, 2.05) is 36.4 Å². The molecule has 1 heterocycles. The van der Waals surface area contributed by atoms with Gasteiger partial charge >= 0.3 is 0 Å². The smallest absolute Gasteiger partial charge is 0.177 e. The molecule has 3 rings (SSSR count). The van der Waals surface area contributed by atoms with Crippen LogP contribution in [0, 0.1) is 0 Å². The van der Waals surface area contributed by atoms with Gasteiger partial charge in [0.15, 0.2) is 11.6 Å². The molecule has 0 bridgehead atoms. The lowest BCUT2D eigenvalue weighted by atomic mass is 9.98. The number of fused-ring (bicyclic) bond motifs is 2. The first kappa shape index (κ1) is 15.6. The van der Waals surface area contributed by atoms with Gasteiger partial charge in [0, 0.05) is 20.9 Å². The van der Waals surface area contributed by atoms with Crippen LogP contribution in [-0.4, -0.2) is 23.3 Å². The molecular formula is C17H12Cl2O2S. The Labute approximate surface area is 142 Å². The minimum absolute atomic E-state index is 0.0170. The molecular weight excluding hydrogens is 339 g/mol. The van der Waals surface area contributed by atoms with Crippen molar-refractivity contribution < 1.29 is 9.59 Å². The minimum Gasteiger partial charge on any atom is -0.293 e. The van der Waals surface area contributed by atoms with E-state index in [9.17, 15) is 9.59 Å². The van der Waals surface area contributed by atoms with Gasteiger partial charge in [0.1, 0.15) is 0 Å². The molecule has 1 aliphatic heterocycles. The van der Waals surface area contributed by atoms with E-state index in [1.165, 1.54) is 0 Å². The molecule has 1 aliphatic rings. The molecule has 0 saturated heterocycles. The summed E-state index contributed by atoms with van der Waals surface area (Å²) in [4.78, 5) is 25.7. The van der Waals surface area contributed by atoms with E-state index in [-0.39, 0.29) is 23.3 Å². The number of ketones is 2. The number of alkyl halides is 2. The summed E-state index contributed by atoms with van der Waals surface area (Å²) >= 11 is 12.9. The molecule has 0 aliphatic carbocycles. The predicted octanol–water partition coefficient (Wildman–Crippen LogP) is 4.59. The highest BCUT2D eigenvalue weighted by Gasteiger charge is 2.19. The summed E-state index contributed by atoms with van der Waals surface area (Å²) in [6, 6.07) is 11.3. The van der Waals surface area contributed by atoms with E-state index < -0.39 is 0 Å². The van der Waals surface area contributed by atoms with Crippen molar-refractivity contribution in [2.45, 2.75) is 16.2 Å². The van der Waals surface area contributed by atoms with Crippen molar-refractivity contribution in [1.82, 2.24) is 0 Å². The second-order valence-electron chi connectivity index (χ2n) is 5.04. The third-order valence-corrected chi connectivity index (χ3v) is 5.33. The summed E-state index contributed by atoms with van der Waals surface area (Å²) in [7, 11) is 0. The fourth-order valence-corrected chi connectivity index (χ4v) is 3.80. The highest BCUT2D eigenvalue weighted by atomic mass is 35.5. The molecule has 22 heavy (non-hydrogen) atoms. The highest BCUT2D eigenvalue weighted by Crippen LogP contribution is 2.40. The van der Waals surface area contributed by atoms with Crippen LogP contribution >= 0.6 is 35.0 Å². The first-order chi connectivity index (χ1) is 10.6. The van der Waals surface area contributed by atoms with Crippen LogP contribution in [0.3, 0.4) is 0 Å². The van der Waals surface area contributed by atoms with Gasteiger partial charge in [-0.2, -0.15) is 0 Å². The Morgan fingerprint density at radius 2 is 1.32 bits per heavy atom. The second kappa shape index (κ2) is 6.45. The number of Topliss-reactive ketones (excluding diaryl/α,β-unsaturated/α-hetero) is 2. The molecule has 0 saturated carbocycles. The Hall–Kier alpha value is -1.29. The Morgan fingerprint density at radius 1 is 0.864 bits per heavy atom. The molecule has 0 amide bonds. The van der Waals surface area contributed by atoms with E-state index in [2.05, 4.69) is 0 Å². The molecule has 0 N–H and O–H groups in total. The van der Waals surface area contributed by atoms with Gasteiger partial charge in [-0.3, -0.25) is 9.59 Å². The van der Waals surface area contributed by atoms with Crippen LogP contribution < -0.4 is 0 Å². The molecule has 2 aromatic rings. The largest absolute Gasteiger partial charge is 0.293 e. The van der Waals surface area contributed by atoms with Crippen molar-refractivity contribution in [2.75, 3.05) is 11.8 Å². The third kappa shape index (κ3) is 2.94. The van der Waals surface area contributed by atoms with Crippen molar-refractivity contribution in [3.8, 4) is 0 Å². The summed E-state index contributed by atoms with van der Waals surface area (Å²) in [5, 5.41) is 0. The minimum atomic E-state index is -0.0775. The van der Waals surface area contributed by atoms with E-state index in [0.717, 1.165) is 20.9 Å². The predicted molar refractivity (Wildman–Crippen MR) is 89.9 cm³/mol. The van der Waals surface area contributed by atoms with Crippen LogP contribution in [0.15, 0.2) is 46.2 Å². The molecule has 0 unspecified atom stereocenters. The summed E-state index contributed by atoms with van der Waals surface area (Å²) in [6.45, 7) is 0. The van der Waals surface area contributed by atoms with Gasteiger partial charge < -0.3 is 0 Å². The lowest BCUT2D eigenvalue weighted by molar-refractivity contribution is 0.101. The van der Waals surface area contributed by atoms with Gasteiger partial charge in [-0.15, -0.1) is 23.2 Å². The van der Waals surface area contributed by atoms with Crippen molar-refractivity contribution in [3.05, 3.63) is 58.7 Å². The Bertz CT molecular complexity index is 708. The van der Waals surface area contributed by atoms with Crippen molar-refractivity contribution in [1.29, 1.82) is 0 Å². The molecule has 5 heteroatoms. The van der Waals surface area contributed by atoms with Crippen LogP contribution in [0.2, 0.25) is 0 Å². The molecule has 0 fully saturated rings. The zero-order valence-electron chi connectivity index (χ0n) is 11.6. The average Bonchev–Trinajstić information content (AvgIpc) is 2.57. The Morgan fingerprint density at radius 3 is 1.73 bits per heavy atom. The van der Waals surface area contributed by atoms with Crippen molar-refractivity contribution in [2.24, 2.45) is 0 Å². The average molecular weight is 351 g/mol. The summed E-state index contributed by atoms with van der Waals surface area (Å²) in [6.07, 6.45) is 0.699. The number of halogens is 2. The third-order valence-electron chi connectivity index (χ3n) is 3.61. The van der Waals surface area contributed by atoms with Gasteiger partial charge in [-0.05, 0) is 41.8 Å². The first-order valence-electron chi connectivity index (χ1n) is 6.74. The molecule has 2 nitrogen and oxygen atoms in total. The number of hydrogen-bond donors (Lipinski definition) is 0. The maximum Gasteiger partial charge on any atom is 0.177 e. The monoisotopic (exact) mass is 350 g/mol. The molecule has 2 aromatic carbocycles. The van der Waals surface area contributed by atoms with Gasteiger partial charge in [-0.1, -0.05) is 23.9 Å². The maximum atomic E-state index is 11.7. The standard InChI is InChI=1S/C17H12Cl2O2S/c18-8-14(20)10-1-3-16-12(5-10)7-13-6-11(15(21)9-19)2-4-17(13)22-16/h1-6H,7-9H2. The van der Waals surface area contributed by atoms with Crippen molar-refractivity contribution in [3.63, 3.8) is 0 Å². The highest BCUT2D eigenvalue weighted by molar-refractivity contribution is 7.99. The fraction of sp³-hybridized carbons (Fsp3) is 0.176. The van der Waals surface area contributed by atoms with Gasteiger partial charge in [0.05, 0.1) is 11.8 Å². The van der Waals surface area contributed by atoms with Crippen LogP contribution in [0.4, 0.5) is 0 Å². The molecule has 0 radical (unpaired) electrons. The molecule has 112 valence electrons. The van der Waals surface area contributed by atoms with Crippen LogP contribution in [0.1, 0.15) is 31.8 Å². The SMILES string of the molecule is O=C(CCl)c1ccc2c(c1)Cc1cc(C(=O)CCl)ccc1S2. The van der Waals surface area contributed by atoms with E-state index in [1.54, 1.807) is 11.8 Å². The van der Waals surface area contributed by atoms with Crippen LogP contribution in [-0.2, 0) is 6.42 Å². The molecule has 0 atom stereocenters. The zero-order valence-corrected chi connectivity index (χ0v) is 13.9. The van der Waals surface area contributed by atoms with Gasteiger partial charge in [0.25, 0.3) is 0 Å². The number of carbonyl (C=O) groups excluding carboxylic acids is 2. The van der Waals surface area contributed by atoms with Crippen LogP contribution in [0.5, 0.6) is 0 Å². The number of hydrogen-bond acceptors (Lipinski definition) is 3. The maximum absolute atomic E-state index is 11.7. The zero-order chi connectivity index (χ0) is 15.7. The first-order valence-corrected chi connectivity index (χ1v) is 8.63. The number of rotatable bonds is 4. The molecule has 0 spiro atoms. The lowest BCUT2D eigenvalue weighted by Crippen LogP contribution is -2.07. The topological polar surface area (TPSA) is 34.1 Å². The summed E-state index contributed by atoms with van der Waals surface area (Å²) in [5.41, 5.74) is 3.43. The van der Waals surface area contributed by atoms with Crippen LogP contribution in [0.25, 0.3) is 0 Å². The van der Waals surface area contributed by atoms with E-state index >= 15 is 0 Å². The number of benzene rings is 2. The van der Waals surface area contributed by atoms with E-state index in [4.69, 9.17) is 23.2 Å². The van der Waals surface area contributed by atoms with Gasteiger partial charge in [0.2, 0.25) is 0 Å². The quantitative estimate of drug-likeness (QED) is 0.509. The fourth-order valence-electron chi connectivity index (χ4n) is 2.46. The molecule has 0 aromatic heterocycles. The second-order valence-corrected chi connectivity index (χ2v) is 6.66. The Balaban J connectivity index is 1.96. The summed E-state index contributed by atoms with van der Waals surface area (Å²) < 4.78 is 0. The van der Waals surface area contributed by atoms with Gasteiger partial charge in [-0.25, -0.2) is 0 Å². The van der Waals surface area contributed by atoms with E-state index in [0.29, 0.717) is 17.5 Å². The summed E-state index contributed by atoms with van der Waals surface area (Å²) in [5.74, 6) is -0.189. The lowest BCUT2D eigenvalue weighted by Gasteiger charge is -2.20. The van der Waals surface area contributed by atoms with Crippen molar-refractivity contribution >= 4 is 46.5 Å².